The number of carbonyl (C=O) groups excluding carboxylic acids is 1. The molecule has 1 N–H and O–H groups in total. The zero-order chi connectivity index (χ0) is 20.0. The highest BCUT2D eigenvalue weighted by atomic mass is 32.2. The first kappa shape index (κ1) is 20.8. The van der Waals surface area contributed by atoms with Gasteiger partial charge < -0.3 is 5.32 Å². The Morgan fingerprint density at radius 2 is 1.74 bits per heavy atom. The molecule has 27 heavy (non-hydrogen) atoms. The molecule has 1 amide bonds. The molecular weight excluding hydrogens is 367 g/mol. The lowest BCUT2D eigenvalue weighted by Gasteiger charge is -2.19. The van der Waals surface area contributed by atoms with E-state index in [1.807, 2.05) is 0 Å². The van der Waals surface area contributed by atoms with Gasteiger partial charge in [0.1, 0.15) is 5.82 Å². The van der Waals surface area contributed by atoms with E-state index >= 15 is 0 Å². The first-order chi connectivity index (χ1) is 12.8. The molecule has 0 bridgehead atoms. The maximum Gasteiger partial charge on any atom is 0.248 e. The Labute approximate surface area is 159 Å². The zero-order valence-corrected chi connectivity index (χ0v) is 16.4. The maximum absolute atomic E-state index is 12.9. The molecule has 0 unspecified atom stereocenters. The molecule has 0 fully saturated rings. The first-order valence-electron chi connectivity index (χ1n) is 8.63. The predicted molar refractivity (Wildman–Crippen MR) is 105 cm³/mol. The van der Waals surface area contributed by atoms with Crippen LogP contribution < -0.4 is 5.32 Å². The van der Waals surface area contributed by atoms with Gasteiger partial charge in [-0.1, -0.05) is 32.0 Å². The van der Waals surface area contributed by atoms with Crippen molar-refractivity contribution in [3.8, 4) is 0 Å². The van der Waals surface area contributed by atoms with Crippen molar-refractivity contribution in [2.45, 2.75) is 25.7 Å². The van der Waals surface area contributed by atoms with Crippen LogP contribution in [0.5, 0.6) is 0 Å². The van der Waals surface area contributed by atoms with Crippen LogP contribution in [0.2, 0.25) is 0 Å². The Bertz CT molecular complexity index is 934. The van der Waals surface area contributed by atoms with Crippen LogP contribution in [-0.4, -0.2) is 31.7 Å². The summed E-state index contributed by atoms with van der Waals surface area (Å²) >= 11 is 0. The third-order valence-corrected chi connectivity index (χ3v) is 6.15. The predicted octanol–water partition coefficient (Wildman–Crippen LogP) is 3.82. The summed E-state index contributed by atoms with van der Waals surface area (Å²) in [5.74, 6) is -0.752. The molecule has 7 heteroatoms. The molecule has 5 nitrogen and oxygen atoms in total. The number of rotatable bonds is 7. The first-order valence-corrected chi connectivity index (χ1v) is 10.1. The summed E-state index contributed by atoms with van der Waals surface area (Å²) in [6.45, 7) is 6.08. The molecule has 0 spiro atoms. The van der Waals surface area contributed by atoms with E-state index in [2.05, 4.69) is 5.32 Å². The molecule has 2 aromatic rings. The summed E-state index contributed by atoms with van der Waals surface area (Å²) in [6.07, 6.45) is 2.87. The fourth-order valence-electron chi connectivity index (χ4n) is 2.53. The van der Waals surface area contributed by atoms with E-state index in [9.17, 15) is 17.6 Å². The fraction of sp³-hybridized carbons (Fsp3) is 0.250. The summed E-state index contributed by atoms with van der Waals surface area (Å²) in [5, 5.41) is 2.70. The summed E-state index contributed by atoms with van der Waals surface area (Å²) in [6, 6.07) is 10.4. The van der Waals surface area contributed by atoms with Gasteiger partial charge in [0, 0.05) is 24.9 Å². The lowest BCUT2D eigenvalue weighted by atomic mass is 10.2. The number of halogens is 1. The number of nitrogens with one attached hydrogen (secondary N) is 1. The highest BCUT2D eigenvalue weighted by molar-refractivity contribution is 7.89. The Morgan fingerprint density at radius 1 is 1.11 bits per heavy atom. The van der Waals surface area contributed by atoms with Crippen molar-refractivity contribution < 1.29 is 17.6 Å². The lowest BCUT2D eigenvalue weighted by molar-refractivity contribution is -0.111. The number of aryl methyl sites for hydroxylation is 1. The number of hydrogen-bond donors (Lipinski definition) is 1. The van der Waals surface area contributed by atoms with E-state index < -0.39 is 15.9 Å². The van der Waals surface area contributed by atoms with Crippen molar-refractivity contribution in [1.82, 2.24) is 4.31 Å². The second kappa shape index (κ2) is 8.92. The van der Waals surface area contributed by atoms with Gasteiger partial charge in [-0.15, -0.1) is 0 Å². The normalized spacial score (nSPS) is 11.9. The molecule has 144 valence electrons. The summed E-state index contributed by atoms with van der Waals surface area (Å²) in [7, 11) is -3.61. The number of sulfonamides is 1. The fourth-order valence-corrected chi connectivity index (χ4v) is 4.01. The Hall–Kier alpha value is -2.51. The van der Waals surface area contributed by atoms with Crippen LogP contribution in [0.1, 0.15) is 25.0 Å². The molecule has 0 radical (unpaired) electrons. The average molecular weight is 390 g/mol. The van der Waals surface area contributed by atoms with Crippen LogP contribution in [0.4, 0.5) is 10.1 Å². The van der Waals surface area contributed by atoms with E-state index in [0.717, 1.165) is 5.56 Å². The van der Waals surface area contributed by atoms with E-state index in [4.69, 9.17) is 0 Å². The van der Waals surface area contributed by atoms with E-state index in [1.165, 1.54) is 34.6 Å². The number of nitrogens with zero attached hydrogens (tertiary/aromatic N) is 1. The van der Waals surface area contributed by atoms with E-state index in [1.54, 1.807) is 45.0 Å². The molecule has 0 aliphatic rings. The number of carbonyl (C=O) groups is 1. The number of amides is 1. The summed E-state index contributed by atoms with van der Waals surface area (Å²) in [4.78, 5) is 12.3. The Balaban J connectivity index is 2.21. The van der Waals surface area contributed by atoms with Gasteiger partial charge in [0.2, 0.25) is 15.9 Å². The van der Waals surface area contributed by atoms with Gasteiger partial charge >= 0.3 is 0 Å². The Morgan fingerprint density at radius 3 is 2.33 bits per heavy atom. The largest absolute Gasteiger partial charge is 0.322 e. The van der Waals surface area contributed by atoms with Crippen molar-refractivity contribution in [2.75, 3.05) is 18.4 Å². The minimum Gasteiger partial charge on any atom is -0.322 e. The highest BCUT2D eigenvalue weighted by Crippen LogP contribution is 2.23. The van der Waals surface area contributed by atoms with Gasteiger partial charge in [-0.3, -0.25) is 4.79 Å². The number of hydrogen-bond acceptors (Lipinski definition) is 3. The van der Waals surface area contributed by atoms with E-state index in [0.29, 0.717) is 24.3 Å². The Kier molecular flexibility index (Phi) is 6.87. The molecule has 2 rings (SSSR count). The molecule has 0 saturated carbocycles. The molecular formula is C20H23FN2O3S. The molecule has 0 heterocycles. The quantitative estimate of drug-likeness (QED) is 0.731. The minimum absolute atomic E-state index is 0.134. The van der Waals surface area contributed by atoms with Gasteiger partial charge in [-0.25, -0.2) is 12.8 Å². The second-order valence-electron chi connectivity index (χ2n) is 5.94. The van der Waals surface area contributed by atoms with Crippen LogP contribution in [0.25, 0.3) is 6.08 Å². The van der Waals surface area contributed by atoms with Gasteiger partial charge in [-0.2, -0.15) is 4.31 Å². The zero-order valence-electron chi connectivity index (χ0n) is 15.6. The average Bonchev–Trinajstić information content (AvgIpc) is 2.63. The van der Waals surface area contributed by atoms with Crippen molar-refractivity contribution in [1.29, 1.82) is 0 Å². The summed E-state index contributed by atoms with van der Waals surface area (Å²) < 4.78 is 39.6. The van der Waals surface area contributed by atoms with E-state index in [-0.39, 0.29) is 10.7 Å². The lowest BCUT2D eigenvalue weighted by Crippen LogP contribution is -2.30. The van der Waals surface area contributed by atoms with Gasteiger partial charge in [0.25, 0.3) is 0 Å². The van der Waals surface area contributed by atoms with Crippen molar-refractivity contribution in [2.24, 2.45) is 0 Å². The molecule has 0 aromatic heterocycles. The maximum atomic E-state index is 12.9. The van der Waals surface area contributed by atoms with Crippen molar-refractivity contribution in [3.63, 3.8) is 0 Å². The molecule has 0 saturated heterocycles. The van der Waals surface area contributed by atoms with Gasteiger partial charge in [0.15, 0.2) is 0 Å². The third kappa shape index (κ3) is 5.24. The topological polar surface area (TPSA) is 66.5 Å². The highest BCUT2D eigenvalue weighted by Gasteiger charge is 2.22. The third-order valence-electron chi connectivity index (χ3n) is 4.11. The van der Waals surface area contributed by atoms with Crippen molar-refractivity contribution >= 4 is 27.7 Å². The van der Waals surface area contributed by atoms with Gasteiger partial charge in [0.05, 0.1) is 4.90 Å². The van der Waals surface area contributed by atoms with Crippen LogP contribution >= 0.6 is 0 Å². The SMILES string of the molecule is CCN(CC)S(=O)(=O)c1ccc(C)c(NC(=O)/C=C/c2ccc(F)cc2)c1. The van der Waals surface area contributed by atoms with Gasteiger partial charge in [-0.05, 0) is 48.4 Å². The second-order valence-corrected chi connectivity index (χ2v) is 7.88. The number of benzene rings is 2. The van der Waals surface area contributed by atoms with Crippen LogP contribution in [0.15, 0.2) is 53.4 Å². The molecule has 2 aromatic carbocycles. The molecule has 0 aliphatic carbocycles. The monoisotopic (exact) mass is 390 g/mol. The van der Waals surface area contributed by atoms with Crippen molar-refractivity contribution in [3.05, 3.63) is 65.5 Å². The van der Waals surface area contributed by atoms with Crippen LogP contribution in [0, 0.1) is 12.7 Å². The smallest absolute Gasteiger partial charge is 0.248 e. The molecule has 0 aliphatic heterocycles. The number of anilines is 1. The summed E-state index contributed by atoms with van der Waals surface area (Å²) in [5.41, 5.74) is 1.86. The minimum atomic E-state index is -3.61. The standard InChI is InChI=1S/C20H23FN2O3S/c1-4-23(5-2)27(25,26)18-12-6-15(3)19(14-18)22-20(24)13-9-16-7-10-17(21)11-8-16/h6-14H,4-5H2,1-3H3,(H,22,24)/b13-9+. The van der Waals surface area contributed by atoms with Crippen LogP contribution in [0.3, 0.4) is 0 Å². The molecule has 0 atom stereocenters. The van der Waals surface area contributed by atoms with Crippen LogP contribution in [-0.2, 0) is 14.8 Å².